The Labute approximate surface area is 151 Å². The molecule has 1 N–H and O–H groups in total. The van der Waals surface area contributed by atoms with Crippen molar-refractivity contribution in [1.82, 2.24) is 0 Å². The molecular weight excluding hydrogens is 316 g/mol. The Hall–Kier alpha value is -2.06. The van der Waals surface area contributed by atoms with Gasteiger partial charge < -0.3 is 14.8 Å². The van der Waals surface area contributed by atoms with Crippen molar-refractivity contribution in [3.8, 4) is 11.8 Å². The van der Waals surface area contributed by atoms with Gasteiger partial charge in [0.15, 0.2) is 0 Å². The van der Waals surface area contributed by atoms with Gasteiger partial charge in [-0.05, 0) is 49.8 Å². The van der Waals surface area contributed by atoms with Crippen LogP contribution in [0.5, 0.6) is 5.75 Å². The summed E-state index contributed by atoms with van der Waals surface area (Å²) in [6.07, 6.45) is 1.26. The van der Waals surface area contributed by atoms with Crippen LogP contribution in [0.1, 0.15) is 53.0 Å². The Bertz CT molecular complexity index is 608. The van der Waals surface area contributed by atoms with Gasteiger partial charge in [-0.2, -0.15) is 5.26 Å². The third kappa shape index (κ3) is 5.75. The first-order valence-electron chi connectivity index (χ1n) is 8.81. The van der Waals surface area contributed by atoms with Crippen molar-refractivity contribution < 1.29 is 14.3 Å². The van der Waals surface area contributed by atoms with Crippen LogP contribution >= 0.6 is 0 Å². The van der Waals surface area contributed by atoms with E-state index in [1.54, 1.807) is 25.3 Å². The summed E-state index contributed by atoms with van der Waals surface area (Å²) >= 11 is 0. The summed E-state index contributed by atoms with van der Waals surface area (Å²) < 4.78 is 11.1. The number of methoxy groups -OCH3 is 1. The van der Waals surface area contributed by atoms with Crippen LogP contribution in [-0.2, 0) is 9.53 Å². The average molecular weight is 346 g/mol. The highest BCUT2D eigenvalue weighted by Gasteiger charge is 2.40. The lowest BCUT2D eigenvalue weighted by molar-refractivity contribution is -0.146. The second kappa shape index (κ2) is 9.43. The molecule has 0 atom stereocenters. The van der Waals surface area contributed by atoms with E-state index in [1.807, 2.05) is 6.92 Å². The lowest BCUT2D eigenvalue weighted by atomic mass is 9.83. The van der Waals surface area contributed by atoms with Gasteiger partial charge in [0.05, 0.1) is 18.4 Å². The van der Waals surface area contributed by atoms with E-state index >= 15 is 0 Å². The highest BCUT2D eigenvalue weighted by Crippen LogP contribution is 2.31. The summed E-state index contributed by atoms with van der Waals surface area (Å²) in [7, 11) is 1.54. The van der Waals surface area contributed by atoms with Crippen LogP contribution in [-0.4, -0.2) is 25.2 Å². The molecule has 0 saturated carbocycles. The predicted octanol–water partition coefficient (Wildman–Crippen LogP) is 4.37. The van der Waals surface area contributed by atoms with E-state index in [0.29, 0.717) is 48.3 Å². The van der Waals surface area contributed by atoms with Crippen LogP contribution in [0.3, 0.4) is 0 Å². The van der Waals surface area contributed by atoms with E-state index in [1.165, 1.54) is 0 Å². The molecular formula is C20H30N2O3. The third-order valence-corrected chi connectivity index (χ3v) is 3.91. The summed E-state index contributed by atoms with van der Waals surface area (Å²) in [5.74, 6) is 0.998. The van der Waals surface area contributed by atoms with E-state index in [9.17, 15) is 10.1 Å². The minimum atomic E-state index is -0.899. The number of anilines is 1. The first kappa shape index (κ1) is 21.0. The topological polar surface area (TPSA) is 71.3 Å². The summed E-state index contributed by atoms with van der Waals surface area (Å²) in [4.78, 5) is 13.1. The number of hydrogen-bond donors (Lipinski definition) is 1. The standard InChI is InChI=1S/C20H30N2O3/c1-7-25-20(11-14(2)3,12-15(4)5)19(23)22-18-9-8-17(24-6)10-16(18)13-21/h8-10,14-15H,7,11-12H2,1-6H3,(H,22,23). The summed E-state index contributed by atoms with van der Waals surface area (Å²) in [5.41, 5.74) is -0.0545. The zero-order chi connectivity index (χ0) is 19.0. The number of nitrogens with one attached hydrogen (secondary N) is 1. The van der Waals surface area contributed by atoms with E-state index in [2.05, 4.69) is 39.1 Å². The van der Waals surface area contributed by atoms with Crippen molar-refractivity contribution in [3.63, 3.8) is 0 Å². The largest absolute Gasteiger partial charge is 0.497 e. The number of nitrogens with zero attached hydrogens (tertiary/aromatic N) is 1. The Balaban J connectivity index is 3.19. The molecule has 0 unspecified atom stereocenters. The van der Waals surface area contributed by atoms with E-state index < -0.39 is 5.60 Å². The molecule has 1 amide bonds. The zero-order valence-electron chi connectivity index (χ0n) is 16.2. The molecule has 0 aromatic heterocycles. The van der Waals surface area contributed by atoms with Crippen LogP contribution in [0, 0.1) is 23.2 Å². The van der Waals surface area contributed by atoms with Gasteiger partial charge in [-0.3, -0.25) is 4.79 Å². The fraction of sp³-hybridized carbons (Fsp3) is 0.600. The summed E-state index contributed by atoms with van der Waals surface area (Å²) in [6, 6.07) is 7.14. The summed E-state index contributed by atoms with van der Waals surface area (Å²) in [6.45, 7) is 10.7. The number of amides is 1. The van der Waals surface area contributed by atoms with Crippen molar-refractivity contribution in [3.05, 3.63) is 23.8 Å². The van der Waals surface area contributed by atoms with Crippen LogP contribution in [0.4, 0.5) is 5.69 Å². The molecule has 0 spiro atoms. The number of nitriles is 1. The summed E-state index contributed by atoms with van der Waals surface area (Å²) in [5, 5.41) is 12.3. The Morgan fingerprint density at radius 3 is 2.28 bits per heavy atom. The lowest BCUT2D eigenvalue weighted by Gasteiger charge is -2.35. The fourth-order valence-corrected chi connectivity index (χ4v) is 3.14. The second-order valence-corrected chi connectivity index (χ2v) is 7.10. The molecule has 1 aromatic carbocycles. The number of hydrogen-bond acceptors (Lipinski definition) is 4. The minimum Gasteiger partial charge on any atom is -0.497 e. The Kier molecular flexibility index (Phi) is 7.92. The molecule has 0 bridgehead atoms. The molecule has 1 aromatic rings. The van der Waals surface area contributed by atoms with E-state index in [4.69, 9.17) is 9.47 Å². The molecule has 1 rings (SSSR count). The predicted molar refractivity (Wildman–Crippen MR) is 99.6 cm³/mol. The number of ether oxygens (including phenoxy) is 2. The van der Waals surface area contributed by atoms with Crippen LogP contribution in [0.2, 0.25) is 0 Å². The Morgan fingerprint density at radius 2 is 1.84 bits per heavy atom. The first-order valence-corrected chi connectivity index (χ1v) is 8.81. The lowest BCUT2D eigenvalue weighted by Crippen LogP contribution is -2.47. The van der Waals surface area contributed by atoms with Crippen molar-refractivity contribution in [2.45, 2.75) is 53.1 Å². The first-order chi connectivity index (χ1) is 11.8. The SMILES string of the molecule is CCOC(CC(C)C)(CC(C)C)C(=O)Nc1ccc(OC)cc1C#N. The number of carbonyl (C=O) groups excluding carboxylic acids is 1. The monoisotopic (exact) mass is 346 g/mol. The molecule has 0 heterocycles. The molecule has 5 nitrogen and oxygen atoms in total. The molecule has 0 radical (unpaired) electrons. The molecule has 5 heteroatoms. The van der Waals surface area contributed by atoms with E-state index in [-0.39, 0.29) is 5.91 Å². The molecule has 0 saturated heterocycles. The highest BCUT2D eigenvalue weighted by molar-refractivity contribution is 5.98. The third-order valence-electron chi connectivity index (χ3n) is 3.91. The van der Waals surface area contributed by atoms with Gasteiger partial charge >= 0.3 is 0 Å². The molecule has 0 aliphatic carbocycles. The minimum absolute atomic E-state index is 0.196. The van der Waals surface area contributed by atoms with Crippen molar-refractivity contribution in [1.29, 1.82) is 5.26 Å². The molecule has 0 aliphatic rings. The maximum atomic E-state index is 13.1. The van der Waals surface area contributed by atoms with Gasteiger partial charge in [-0.1, -0.05) is 27.7 Å². The van der Waals surface area contributed by atoms with Gasteiger partial charge in [0, 0.05) is 6.61 Å². The van der Waals surface area contributed by atoms with Crippen LogP contribution < -0.4 is 10.1 Å². The highest BCUT2D eigenvalue weighted by atomic mass is 16.5. The maximum Gasteiger partial charge on any atom is 0.256 e. The fourth-order valence-electron chi connectivity index (χ4n) is 3.14. The normalized spacial score (nSPS) is 11.5. The maximum absolute atomic E-state index is 13.1. The number of carbonyl (C=O) groups is 1. The second-order valence-electron chi connectivity index (χ2n) is 7.10. The van der Waals surface area contributed by atoms with Gasteiger partial charge in [0.25, 0.3) is 5.91 Å². The van der Waals surface area contributed by atoms with Crippen LogP contribution in [0.25, 0.3) is 0 Å². The molecule has 25 heavy (non-hydrogen) atoms. The number of benzene rings is 1. The average Bonchev–Trinajstić information content (AvgIpc) is 2.53. The quantitative estimate of drug-likeness (QED) is 0.720. The van der Waals surface area contributed by atoms with Gasteiger partial charge in [0.2, 0.25) is 0 Å². The number of rotatable bonds is 9. The Morgan fingerprint density at radius 1 is 1.24 bits per heavy atom. The van der Waals surface area contributed by atoms with Crippen molar-refractivity contribution in [2.24, 2.45) is 11.8 Å². The van der Waals surface area contributed by atoms with Crippen molar-refractivity contribution in [2.75, 3.05) is 19.0 Å². The van der Waals surface area contributed by atoms with Crippen LogP contribution in [0.15, 0.2) is 18.2 Å². The smallest absolute Gasteiger partial charge is 0.256 e. The van der Waals surface area contributed by atoms with Gasteiger partial charge in [-0.25, -0.2) is 0 Å². The van der Waals surface area contributed by atoms with Gasteiger partial charge in [0.1, 0.15) is 17.4 Å². The van der Waals surface area contributed by atoms with Crippen molar-refractivity contribution >= 4 is 11.6 Å². The molecule has 0 fully saturated rings. The van der Waals surface area contributed by atoms with Gasteiger partial charge in [-0.15, -0.1) is 0 Å². The molecule has 138 valence electrons. The van der Waals surface area contributed by atoms with E-state index in [0.717, 1.165) is 0 Å². The zero-order valence-corrected chi connectivity index (χ0v) is 16.2. The molecule has 0 aliphatic heterocycles.